The molecule has 0 aliphatic rings. The van der Waals surface area contributed by atoms with Gasteiger partial charge in [-0.3, -0.25) is 10.1 Å². The van der Waals surface area contributed by atoms with Crippen LogP contribution in [0.15, 0.2) is 54.7 Å². The van der Waals surface area contributed by atoms with Crippen LogP contribution in [0.25, 0.3) is 5.69 Å². The van der Waals surface area contributed by atoms with Crippen LogP contribution in [0, 0.1) is 10.1 Å². The Bertz CT molecular complexity index is 1100. The van der Waals surface area contributed by atoms with E-state index in [0.717, 1.165) is 36.0 Å². The number of non-ortho nitro benzene ring substituents is 1. The van der Waals surface area contributed by atoms with Crippen LogP contribution in [-0.4, -0.2) is 27.3 Å². The number of alkyl halides is 3. The van der Waals surface area contributed by atoms with Crippen molar-refractivity contribution in [3.05, 3.63) is 81.1 Å². The molecule has 0 saturated carbocycles. The molecular formula is C19H14ClF3N4O4. The summed E-state index contributed by atoms with van der Waals surface area (Å²) in [5, 5.41) is 17.2. The third kappa shape index (κ3) is 5.51. The fourth-order valence-electron chi connectivity index (χ4n) is 2.72. The first-order valence-corrected chi connectivity index (χ1v) is 9.13. The molecule has 162 valence electrons. The van der Waals surface area contributed by atoms with E-state index in [-0.39, 0.29) is 17.9 Å². The van der Waals surface area contributed by atoms with Gasteiger partial charge < -0.3 is 10.1 Å². The summed E-state index contributed by atoms with van der Waals surface area (Å²) >= 11 is 5.87. The highest BCUT2D eigenvalue weighted by molar-refractivity contribution is 6.30. The Morgan fingerprint density at radius 2 is 1.94 bits per heavy atom. The van der Waals surface area contributed by atoms with Gasteiger partial charge in [0.2, 0.25) is 0 Å². The third-order valence-corrected chi connectivity index (χ3v) is 4.32. The van der Waals surface area contributed by atoms with Crippen molar-refractivity contribution in [1.29, 1.82) is 0 Å². The molecule has 1 amide bonds. The van der Waals surface area contributed by atoms with Gasteiger partial charge in [0.05, 0.1) is 16.8 Å². The number of halogens is 4. The topological polar surface area (TPSA) is 99.3 Å². The molecule has 1 N–H and O–H groups in total. The minimum atomic E-state index is -4.91. The van der Waals surface area contributed by atoms with Crippen LogP contribution in [0.2, 0.25) is 5.02 Å². The van der Waals surface area contributed by atoms with Crippen LogP contribution < -0.4 is 10.1 Å². The molecule has 0 radical (unpaired) electrons. The van der Waals surface area contributed by atoms with Gasteiger partial charge in [-0.25, -0.2) is 9.48 Å². The number of amides is 1. The number of nitro benzene ring substituents is 1. The zero-order valence-corrected chi connectivity index (χ0v) is 16.4. The Kier molecular flexibility index (Phi) is 6.44. The van der Waals surface area contributed by atoms with Crippen LogP contribution in [0.5, 0.6) is 5.75 Å². The van der Waals surface area contributed by atoms with Crippen molar-refractivity contribution in [2.75, 3.05) is 6.54 Å². The zero-order chi connectivity index (χ0) is 22.6. The van der Waals surface area contributed by atoms with Gasteiger partial charge in [-0.15, -0.1) is 0 Å². The van der Waals surface area contributed by atoms with E-state index in [1.165, 1.54) is 0 Å². The van der Waals surface area contributed by atoms with Gasteiger partial charge >= 0.3 is 12.3 Å². The lowest BCUT2D eigenvalue weighted by Gasteiger charge is -2.13. The first-order valence-electron chi connectivity index (χ1n) is 8.75. The standard InChI is InChI=1S/C19H14ClF3N4O4/c20-13-3-1-2-12(10-13)8-9-24-18(28)31-16-11-25-26(17(16)19(21,22)23)14-4-6-15(7-5-14)27(29)30/h1-7,10-11H,8-9H2,(H,24,28). The first kappa shape index (κ1) is 22.1. The molecule has 0 aliphatic carbocycles. The Morgan fingerprint density at radius 3 is 2.55 bits per heavy atom. The van der Waals surface area contributed by atoms with Gasteiger partial charge in [0.15, 0.2) is 11.4 Å². The van der Waals surface area contributed by atoms with Crippen molar-refractivity contribution in [2.24, 2.45) is 0 Å². The number of aromatic nitrogens is 2. The number of nitrogens with one attached hydrogen (secondary N) is 1. The predicted octanol–water partition coefficient (Wildman–Crippen LogP) is 4.78. The molecular weight excluding hydrogens is 441 g/mol. The van der Waals surface area contributed by atoms with Gasteiger partial charge in [-0.1, -0.05) is 23.7 Å². The van der Waals surface area contributed by atoms with Crippen molar-refractivity contribution < 1.29 is 27.6 Å². The minimum Gasteiger partial charge on any atom is -0.406 e. The van der Waals surface area contributed by atoms with E-state index in [1.54, 1.807) is 24.3 Å². The lowest BCUT2D eigenvalue weighted by Crippen LogP contribution is -2.29. The van der Waals surface area contributed by atoms with E-state index in [9.17, 15) is 28.1 Å². The number of carbonyl (C=O) groups excluding carboxylic acids is 1. The normalized spacial score (nSPS) is 11.2. The number of hydrogen-bond donors (Lipinski definition) is 1. The number of nitrogens with zero attached hydrogens (tertiary/aromatic N) is 3. The van der Waals surface area contributed by atoms with Crippen LogP contribution in [0.3, 0.4) is 0 Å². The molecule has 0 fully saturated rings. The second-order valence-corrected chi connectivity index (χ2v) is 6.67. The zero-order valence-electron chi connectivity index (χ0n) is 15.6. The van der Waals surface area contributed by atoms with E-state index < -0.39 is 28.6 Å². The maximum absolute atomic E-state index is 13.6. The quantitative estimate of drug-likeness (QED) is 0.426. The SMILES string of the molecule is O=C(NCCc1cccc(Cl)c1)Oc1cnn(-c2ccc([N+](=O)[O-])cc2)c1C(F)(F)F. The Hall–Kier alpha value is -3.60. The summed E-state index contributed by atoms with van der Waals surface area (Å²) in [7, 11) is 0. The monoisotopic (exact) mass is 454 g/mol. The number of benzene rings is 2. The van der Waals surface area contributed by atoms with Crippen molar-refractivity contribution in [3.8, 4) is 11.4 Å². The minimum absolute atomic E-state index is 0.0888. The first-order chi connectivity index (χ1) is 14.6. The summed E-state index contributed by atoms with van der Waals surface area (Å²) in [5.41, 5.74) is -0.879. The third-order valence-electron chi connectivity index (χ3n) is 4.08. The Morgan fingerprint density at radius 1 is 1.23 bits per heavy atom. The maximum Gasteiger partial charge on any atom is 0.437 e. The number of rotatable bonds is 6. The van der Waals surface area contributed by atoms with Gasteiger partial charge in [0.25, 0.3) is 5.69 Å². The van der Waals surface area contributed by atoms with Gasteiger partial charge in [-0.05, 0) is 36.2 Å². The molecule has 8 nitrogen and oxygen atoms in total. The van der Waals surface area contributed by atoms with Gasteiger partial charge in [0.1, 0.15) is 0 Å². The van der Waals surface area contributed by atoms with Gasteiger partial charge in [-0.2, -0.15) is 18.3 Å². The molecule has 1 heterocycles. The molecule has 0 unspecified atom stereocenters. The molecule has 0 bridgehead atoms. The summed E-state index contributed by atoms with van der Waals surface area (Å²) in [4.78, 5) is 22.0. The smallest absolute Gasteiger partial charge is 0.406 e. The fraction of sp³-hybridized carbons (Fsp3) is 0.158. The Labute approximate surface area is 178 Å². The molecule has 0 aliphatic heterocycles. The highest BCUT2D eigenvalue weighted by atomic mass is 35.5. The second-order valence-electron chi connectivity index (χ2n) is 6.24. The highest BCUT2D eigenvalue weighted by Crippen LogP contribution is 2.37. The maximum atomic E-state index is 13.6. The molecule has 0 saturated heterocycles. The summed E-state index contributed by atoms with van der Waals surface area (Å²) in [5.74, 6) is -0.800. The summed E-state index contributed by atoms with van der Waals surface area (Å²) in [6.07, 6.45) is -4.85. The van der Waals surface area contributed by atoms with E-state index in [4.69, 9.17) is 16.3 Å². The Balaban J connectivity index is 1.73. The number of nitro groups is 1. The lowest BCUT2D eigenvalue weighted by atomic mass is 10.1. The van der Waals surface area contributed by atoms with Crippen molar-refractivity contribution >= 4 is 23.4 Å². The number of hydrogen-bond acceptors (Lipinski definition) is 5. The van der Waals surface area contributed by atoms with Crippen LogP contribution in [-0.2, 0) is 12.6 Å². The molecule has 31 heavy (non-hydrogen) atoms. The average Bonchev–Trinajstić information content (AvgIpc) is 3.12. The molecule has 2 aromatic carbocycles. The van der Waals surface area contributed by atoms with Crippen molar-refractivity contribution in [3.63, 3.8) is 0 Å². The van der Waals surface area contributed by atoms with Crippen molar-refractivity contribution in [2.45, 2.75) is 12.6 Å². The van der Waals surface area contributed by atoms with Crippen LogP contribution in [0.1, 0.15) is 11.3 Å². The summed E-state index contributed by atoms with van der Waals surface area (Å²) < 4.78 is 46.1. The molecule has 3 rings (SSSR count). The summed E-state index contributed by atoms with van der Waals surface area (Å²) in [6, 6.07) is 11.2. The highest BCUT2D eigenvalue weighted by Gasteiger charge is 2.40. The molecule has 3 aromatic rings. The van der Waals surface area contributed by atoms with Gasteiger partial charge in [0, 0.05) is 23.7 Å². The predicted molar refractivity (Wildman–Crippen MR) is 104 cm³/mol. The van der Waals surface area contributed by atoms with Crippen LogP contribution in [0.4, 0.5) is 23.7 Å². The molecule has 1 aromatic heterocycles. The van der Waals surface area contributed by atoms with E-state index in [0.29, 0.717) is 16.1 Å². The van der Waals surface area contributed by atoms with E-state index in [1.807, 2.05) is 0 Å². The second kappa shape index (κ2) is 9.04. The van der Waals surface area contributed by atoms with Crippen molar-refractivity contribution in [1.82, 2.24) is 15.1 Å². The van der Waals surface area contributed by atoms with E-state index >= 15 is 0 Å². The fourth-order valence-corrected chi connectivity index (χ4v) is 2.93. The largest absolute Gasteiger partial charge is 0.437 e. The van der Waals surface area contributed by atoms with Crippen LogP contribution >= 0.6 is 11.6 Å². The molecule has 12 heteroatoms. The number of ether oxygens (including phenoxy) is 1. The average molecular weight is 455 g/mol. The molecule has 0 spiro atoms. The lowest BCUT2D eigenvalue weighted by molar-refractivity contribution is -0.384. The molecule has 0 atom stereocenters. The summed E-state index contributed by atoms with van der Waals surface area (Å²) in [6.45, 7) is 0.108. The van der Waals surface area contributed by atoms with E-state index in [2.05, 4.69) is 10.4 Å². The number of carbonyl (C=O) groups is 1.